The van der Waals surface area contributed by atoms with Crippen LogP contribution in [-0.4, -0.2) is 11.2 Å². The number of hydrogen-bond acceptors (Lipinski definition) is 3. The van der Waals surface area contributed by atoms with E-state index in [1.165, 1.54) is 5.56 Å². The molecule has 21 heavy (non-hydrogen) atoms. The zero-order chi connectivity index (χ0) is 14.8. The predicted molar refractivity (Wildman–Crippen MR) is 80.0 cm³/mol. The largest absolute Gasteiger partial charge is 0.360 e. The zero-order valence-electron chi connectivity index (χ0n) is 12.2. The summed E-state index contributed by atoms with van der Waals surface area (Å²) >= 11 is 0. The standard InChI is InChI=1S/C16H19N3O2/c1-10-3-5-12(6-4-10)15(13-7-8-13)18-16(20)17-14-9-11(2)21-19-14/h3-6,9,13,15H,7-8H2,1-2H3,(H2,17,18,19,20)/t15-/m1/s1. The summed E-state index contributed by atoms with van der Waals surface area (Å²) in [5.41, 5.74) is 2.37. The van der Waals surface area contributed by atoms with E-state index in [9.17, 15) is 4.79 Å². The highest BCUT2D eigenvalue weighted by Gasteiger charge is 2.33. The molecule has 2 N–H and O–H groups in total. The summed E-state index contributed by atoms with van der Waals surface area (Å²) in [5, 5.41) is 9.50. The number of urea groups is 1. The first kappa shape index (κ1) is 13.7. The van der Waals surface area contributed by atoms with Crippen LogP contribution in [0.15, 0.2) is 34.9 Å². The number of benzene rings is 1. The van der Waals surface area contributed by atoms with E-state index in [1.54, 1.807) is 13.0 Å². The predicted octanol–water partition coefficient (Wildman–Crippen LogP) is 3.56. The van der Waals surface area contributed by atoms with Gasteiger partial charge >= 0.3 is 6.03 Å². The molecular weight excluding hydrogens is 266 g/mol. The van der Waals surface area contributed by atoms with E-state index in [0.29, 0.717) is 17.5 Å². The molecule has 5 heteroatoms. The van der Waals surface area contributed by atoms with E-state index < -0.39 is 0 Å². The highest BCUT2D eigenvalue weighted by molar-refractivity contribution is 5.88. The molecule has 0 unspecified atom stereocenters. The Morgan fingerprint density at radius 2 is 2.00 bits per heavy atom. The molecule has 1 aliphatic rings. The van der Waals surface area contributed by atoms with Crippen LogP contribution in [0.1, 0.15) is 35.8 Å². The second kappa shape index (κ2) is 5.60. The summed E-state index contributed by atoms with van der Waals surface area (Å²) in [6, 6.07) is 9.81. The molecule has 1 aliphatic carbocycles. The maximum absolute atomic E-state index is 12.1. The van der Waals surface area contributed by atoms with Gasteiger partial charge in [0.2, 0.25) is 0 Å². The van der Waals surface area contributed by atoms with Gasteiger partial charge in [0.15, 0.2) is 5.82 Å². The van der Waals surface area contributed by atoms with Crippen molar-refractivity contribution in [3.63, 3.8) is 0 Å². The molecule has 0 saturated heterocycles. The minimum absolute atomic E-state index is 0.0543. The SMILES string of the molecule is Cc1ccc([C@@H](NC(=O)Nc2cc(C)on2)C2CC2)cc1. The molecule has 0 aliphatic heterocycles. The van der Waals surface area contributed by atoms with E-state index >= 15 is 0 Å². The number of rotatable bonds is 4. The lowest BCUT2D eigenvalue weighted by Gasteiger charge is -2.19. The number of aryl methyl sites for hydroxylation is 2. The fourth-order valence-corrected chi connectivity index (χ4v) is 2.40. The van der Waals surface area contributed by atoms with Crippen molar-refractivity contribution in [2.24, 2.45) is 5.92 Å². The number of anilines is 1. The topological polar surface area (TPSA) is 67.2 Å². The average molecular weight is 285 g/mol. The van der Waals surface area contributed by atoms with E-state index in [2.05, 4.69) is 47.0 Å². The molecule has 0 bridgehead atoms. The molecule has 110 valence electrons. The minimum atomic E-state index is -0.249. The quantitative estimate of drug-likeness (QED) is 0.902. The van der Waals surface area contributed by atoms with E-state index in [-0.39, 0.29) is 12.1 Å². The Labute approximate surface area is 123 Å². The molecule has 2 aromatic rings. The van der Waals surface area contributed by atoms with Crippen LogP contribution in [0.4, 0.5) is 10.6 Å². The van der Waals surface area contributed by atoms with Gasteiger partial charge in [0.05, 0.1) is 6.04 Å². The summed E-state index contributed by atoms with van der Waals surface area (Å²) in [4.78, 5) is 12.1. The Kier molecular flexibility index (Phi) is 3.64. The van der Waals surface area contributed by atoms with Crippen molar-refractivity contribution in [1.29, 1.82) is 0 Å². The van der Waals surface area contributed by atoms with Crippen LogP contribution >= 0.6 is 0 Å². The van der Waals surface area contributed by atoms with E-state index in [0.717, 1.165) is 18.4 Å². The van der Waals surface area contributed by atoms with Gasteiger partial charge in [0.1, 0.15) is 5.76 Å². The van der Waals surface area contributed by atoms with Crippen LogP contribution in [0.25, 0.3) is 0 Å². The number of nitrogens with zero attached hydrogens (tertiary/aromatic N) is 1. The van der Waals surface area contributed by atoms with Gasteiger partial charge in [-0.2, -0.15) is 0 Å². The molecule has 2 amide bonds. The first-order valence-corrected chi connectivity index (χ1v) is 7.19. The Hall–Kier alpha value is -2.30. The smallest absolute Gasteiger partial charge is 0.320 e. The number of carbonyl (C=O) groups excluding carboxylic acids is 1. The van der Waals surface area contributed by atoms with Gasteiger partial charge in [-0.1, -0.05) is 35.0 Å². The first-order chi connectivity index (χ1) is 10.1. The third-order valence-corrected chi connectivity index (χ3v) is 3.69. The molecule has 1 atom stereocenters. The van der Waals surface area contributed by atoms with Gasteiger partial charge in [-0.25, -0.2) is 4.79 Å². The molecule has 5 nitrogen and oxygen atoms in total. The molecule has 1 fully saturated rings. The van der Waals surface area contributed by atoms with Crippen LogP contribution in [0.5, 0.6) is 0 Å². The lowest BCUT2D eigenvalue weighted by atomic mass is 10.0. The third kappa shape index (κ3) is 3.42. The van der Waals surface area contributed by atoms with Gasteiger partial charge in [-0.15, -0.1) is 0 Å². The van der Waals surface area contributed by atoms with E-state index in [1.807, 2.05) is 0 Å². The number of hydrogen-bond donors (Lipinski definition) is 2. The highest BCUT2D eigenvalue weighted by Crippen LogP contribution is 2.41. The zero-order valence-corrected chi connectivity index (χ0v) is 12.2. The van der Waals surface area contributed by atoms with Crippen LogP contribution in [-0.2, 0) is 0 Å². The number of nitrogens with one attached hydrogen (secondary N) is 2. The number of aromatic nitrogens is 1. The normalized spacial score (nSPS) is 15.5. The van der Waals surface area contributed by atoms with Crippen molar-refractivity contribution in [2.75, 3.05) is 5.32 Å². The molecule has 1 heterocycles. The van der Waals surface area contributed by atoms with Crippen molar-refractivity contribution in [3.05, 3.63) is 47.2 Å². The summed E-state index contributed by atoms with van der Waals surface area (Å²) < 4.78 is 4.94. The fourth-order valence-electron chi connectivity index (χ4n) is 2.40. The Balaban J connectivity index is 1.67. The monoisotopic (exact) mass is 285 g/mol. The van der Waals surface area contributed by atoms with Gasteiger partial charge in [0, 0.05) is 6.07 Å². The molecule has 1 aromatic heterocycles. The highest BCUT2D eigenvalue weighted by atomic mass is 16.5. The van der Waals surface area contributed by atoms with Crippen molar-refractivity contribution in [2.45, 2.75) is 32.7 Å². The maximum Gasteiger partial charge on any atom is 0.320 e. The number of carbonyl (C=O) groups is 1. The molecule has 3 rings (SSSR count). The summed E-state index contributed by atoms with van der Waals surface area (Å²) in [6.07, 6.45) is 2.31. The molecule has 1 aromatic carbocycles. The van der Waals surface area contributed by atoms with Crippen molar-refractivity contribution < 1.29 is 9.32 Å². The fraction of sp³-hybridized carbons (Fsp3) is 0.375. The average Bonchev–Trinajstić information content (AvgIpc) is 3.21. The first-order valence-electron chi connectivity index (χ1n) is 7.19. The third-order valence-electron chi connectivity index (χ3n) is 3.69. The Bertz CT molecular complexity index is 629. The molecule has 1 saturated carbocycles. The van der Waals surface area contributed by atoms with E-state index in [4.69, 9.17) is 4.52 Å². The van der Waals surface area contributed by atoms with Crippen LogP contribution < -0.4 is 10.6 Å². The van der Waals surface area contributed by atoms with Gasteiger partial charge in [-0.3, -0.25) is 5.32 Å². The van der Waals surface area contributed by atoms with Gasteiger partial charge < -0.3 is 9.84 Å². The van der Waals surface area contributed by atoms with Gasteiger partial charge in [0.25, 0.3) is 0 Å². The van der Waals surface area contributed by atoms with Gasteiger partial charge in [-0.05, 0) is 38.2 Å². The van der Waals surface area contributed by atoms with Crippen LogP contribution in [0.2, 0.25) is 0 Å². The minimum Gasteiger partial charge on any atom is -0.360 e. The molecular formula is C16H19N3O2. The molecule has 0 spiro atoms. The summed E-state index contributed by atoms with van der Waals surface area (Å²) in [5.74, 6) is 1.63. The van der Waals surface area contributed by atoms with Crippen molar-refractivity contribution >= 4 is 11.8 Å². The second-order valence-corrected chi connectivity index (χ2v) is 5.65. The van der Waals surface area contributed by atoms with Crippen LogP contribution in [0, 0.1) is 19.8 Å². The lowest BCUT2D eigenvalue weighted by molar-refractivity contribution is 0.247. The summed E-state index contributed by atoms with van der Waals surface area (Å²) in [6.45, 7) is 3.85. The maximum atomic E-state index is 12.1. The second-order valence-electron chi connectivity index (χ2n) is 5.65. The Morgan fingerprint density at radius 3 is 2.57 bits per heavy atom. The van der Waals surface area contributed by atoms with Crippen molar-refractivity contribution in [3.8, 4) is 0 Å². The Morgan fingerprint density at radius 1 is 1.29 bits per heavy atom. The summed E-state index contributed by atoms with van der Waals surface area (Å²) in [7, 11) is 0. The number of amides is 2. The lowest BCUT2D eigenvalue weighted by Crippen LogP contribution is -2.33. The molecule has 0 radical (unpaired) electrons. The van der Waals surface area contributed by atoms with Crippen LogP contribution in [0.3, 0.4) is 0 Å². The van der Waals surface area contributed by atoms with Crippen molar-refractivity contribution in [1.82, 2.24) is 10.5 Å².